The molecule has 3 heterocycles. The molecule has 1 aliphatic rings. The molecule has 16 heteroatoms. The summed E-state index contributed by atoms with van der Waals surface area (Å²) in [5.41, 5.74) is 4.79. The van der Waals surface area contributed by atoms with Crippen molar-refractivity contribution in [3.63, 3.8) is 0 Å². The number of aliphatic hydroxyl groups excluding tert-OH is 1. The van der Waals surface area contributed by atoms with Crippen LogP contribution in [0.25, 0.3) is 11.2 Å². The summed E-state index contributed by atoms with van der Waals surface area (Å²) in [6.07, 6.45) is -2.32. The number of carbonyl (C=O) groups excluding carboxylic acids is 1. The van der Waals surface area contributed by atoms with Crippen LogP contribution in [-0.2, 0) is 23.4 Å². The van der Waals surface area contributed by atoms with Crippen molar-refractivity contribution < 1.29 is 37.7 Å². The van der Waals surface area contributed by atoms with E-state index >= 15 is 0 Å². The highest BCUT2D eigenvalue weighted by Crippen LogP contribution is 2.50. The number of nitrogens with one attached hydrogen (secondary N) is 1. The Bertz CT molecular complexity index is 1480. The predicted molar refractivity (Wildman–Crippen MR) is 144 cm³/mol. The first-order valence-electron chi connectivity index (χ1n) is 12.6. The fourth-order valence-electron chi connectivity index (χ4n) is 4.39. The second-order valence-corrected chi connectivity index (χ2v) is 11.5. The Morgan fingerprint density at radius 1 is 1.32 bits per heavy atom. The average Bonchev–Trinajstić information content (AvgIpc) is 3.48. The van der Waals surface area contributed by atoms with Crippen LogP contribution >= 0.6 is 7.75 Å². The molecule has 220 valence electrons. The number of methoxy groups -OCH3 is 2. The van der Waals surface area contributed by atoms with Gasteiger partial charge in [-0.3, -0.25) is 13.9 Å². The van der Waals surface area contributed by atoms with Crippen LogP contribution in [0.2, 0.25) is 0 Å². The summed E-state index contributed by atoms with van der Waals surface area (Å²) in [6.45, 7) is 4.48. The Kier molecular flexibility index (Phi) is 8.81. The summed E-state index contributed by atoms with van der Waals surface area (Å²) in [5, 5.41) is 24.0. The van der Waals surface area contributed by atoms with Crippen LogP contribution in [0, 0.1) is 22.7 Å². The van der Waals surface area contributed by atoms with Crippen LogP contribution in [0.15, 0.2) is 36.7 Å². The molecule has 6 atom stereocenters. The van der Waals surface area contributed by atoms with Gasteiger partial charge in [-0.15, -0.1) is 0 Å². The smallest absolute Gasteiger partial charge is 0.459 e. The molecule has 1 saturated heterocycles. The number of ether oxygens (including phenoxy) is 3. The number of fused-ring (bicyclic) bond motifs is 1. The average molecular weight is 590 g/mol. The molecule has 15 nitrogen and oxygen atoms in total. The van der Waals surface area contributed by atoms with E-state index in [1.165, 1.54) is 32.0 Å². The summed E-state index contributed by atoms with van der Waals surface area (Å²) in [4.78, 5) is 24.9. The topological polar surface area (TPSA) is 206 Å². The third-order valence-corrected chi connectivity index (χ3v) is 8.21. The number of nitrogens with two attached hydrogens (primary N) is 1. The molecule has 1 aromatic carbocycles. The highest BCUT2D eigenvalue weighted by molar-refractivity contribution is 7.52. The molecule has 4 rings (SSSR count). The minimum absolute atomic E-state index is 0.0939. The molecule has 41 heavy (non-hydrogen) atoms. The maximum absolute atomic E-state index is 14.0. The molecule has 2 aromatic heterocycles. The fourth-order valence-corrected chi connectivity index (χ4v) is 6.06. The van der Waals surface area contributed by atoms with E-state index in [4.69, 9.17) is 29.0 Å². The number of benzene rings is 1. The van der Waals surface area contributed by atoms with Gasteiger partial charge in [0.2, 0.25) is 11.8 Å². The summed E-state index contributed by atoms with van der Waals surface area (Å²) in [7, 11) is -1.67. The largest absolute Gasteiger partial charge is 0.479 e. The SMILES string of the molecule is COC(=O)[C@@H](N[P@](=O)(OC[C@H]1O[C@@H](n2cnc3c(OC)nc(N)nc32)[C@](C)(C#N)[C@@H]1O)Oc1ccccc1)C(C)C. The summed E-state index contributed by atoms with van der Waals surface area (Å²) in [6, 6.07) is 9.29. The molecular weight excluding hydrogens is 557 g/mol. The molecule has 1 fully saturated rings. The lowest BCUT2D eigenvalue weighted by molar-refractivity contribution is -0.143. The monoisotopic (exact) mass is 589 g/mol. The van der Waals surface area contributed by atoms with E-state index in [9.17, 15) is 19.7 Å². The zero-order valence-corrected chi connectivity index (χ0v) is 24.0. The number of aliphatic hydroxyl groups is 1. The molecule has 0 amide bonds. The molecule has 0 aliphatic carbocycles. The van der Waals surface area contributed by atoms with Gasteiger partial charge in [0, 0.05) is 0 Å². The standard InChI is InChI=1S/C25H32N7O8P/c1-14(2)17(22(34)37-5)31-41(35,40-15-9-7-6-8-10-15)38-11-16-19(33)25(3,12-26)23(39-16)32-13-28-18-20(32)29-24(27)30-21(18)36-4/h6-10,13-14,16-17,19,23,33H,11H2,1-5H3,(H,31,35)(H2,27,29,30)/t16-,17+,19-,23-,25-,41+/m1/s1. The Morgan fingerprint density at radius 2 is 2.02 bits per heavy atom. The van der Waals surface area contributed by atoms with E-state index < -0.39 is 50.2 Å². The van der Waals surface area contributed by atoms with Gasteiger partial charge >= 0.3 is 13.7 Å². The van der Waals surface area contributed by atoms with E-state index in [2.05, 4.69) is 26.1 Å². The van der Waals surface area contributed by atoms with Gasteiger partial charge < -0.3 is 29.6 Å². The number of anilines is 1. The molecule has 0 unspecified atom stereocenters. The normalized spacial score (nSPS) is 24.5. The Hall–Kier alpha value is -3.80. The summed E-state index contributed by atoms with van der Waals surface area (Å²) >= 11 is 0. The van der Waals surface area contributed by atoms with E-state index in [-0.39, 0.29) is 34.7 Å². The number of hydrogen-bond acceptors (Lipinski definition) is 13. The quantitative estimate of drug-likeness (QED) is 0.217. The second kappa shape index (κ2) is 12.0. The molecule has 4 N–H and O–H groups in total. The number of nitrogens with zero attached hydrogens (tertiary/aromatic N) is 5. The molecule has 0 bridgehead atoms. The zero-order chi connectivity index (χ0) is 29.9. The van der Waals surface area contributed by atoms with Crippen LogP contribution in [-0.4, -0.2) is 69.7 Å². The van der Waals surface area contributed by atoms with Gasteiger partial charge in [-0.25, -0.2) is 9.55 Å². The van der Waals surface area contributed by atoms with E-state index in [1.807, 2.05) is 0 Å². The van der Waals surface area contributed by atoms with Gasteiger partial charge in [0.25, 0.3) is 0 Å². The molecule has 0 spiro atoms. The molecule has 3 aromatic rings. The van der Waals surface area contributed by atoms with Crippen LogP contribution in [0.3, 0.4) is 0 Å². The van der Waals surface area contributed by atoms with Crippen molar-refractivity contribution in [3.05, 3.63) is 36.7 Å². The van der Waals surface area contributed by atoms with Gasteiger partial charge in [-0.05, 0) is 25.0 Å². The number of hydrogen-bond donors (Lipinski definition) is 3. The highest BCUT2D eigenvalue weighted by Gasteiger charge is 2.56. The van der Waals surface area contributed by atoms with Crippen molar-refractivity contribution in [2.75, 3.05) is 26.6 Å². The Morgan fingerprint density at radius 3 is 2.63 bits per heavy atom. The third kappa shape index (κ3) is 5.97. The van der Waals surface area contributed by atoms with Gasteiger partial charge in [0.05, 0.1) is 33.2 Å². The number of nitrogen functional groups attached to an aromatic ring is 1. The van der Waals surface area contributed by atoms with Crippen molar-refractivity contribution in [1.82, 2.24) is 24.6 Å². The fraction of sp³-hybridized carbons (Fsp3) is 0.480. The van der Waals surface area contributed by atoms with Crippen molar-refractivity contribution in [1.29, 1.82) is 5.26 Å². The van der Waals surface area contributed by atoms with Crippen LogP contribution in [0.1, 0.15) is 27.0 Å². The maximum atomic E-state index is 14.0. The number of esters is 1. The van der Waals surface area contributed by atoms with E-state index in [1.54, 1.807) is 44.2 Å². The van der Waals surface area contributed by atoms with Gasteiger partial charge in [0.15, 0.2) is 17.4 Å². The first-order chi connectivity index (χ1) is 19.5. The summed E-state index contributed by atoms with van der Waals surface area (Å²) in [5.74, 6) is -0.778. The van der Waals surface area contributed by atoms with Crippen LogP contribution in [0.5, 0.6) is 11.6 Å². The number of nitriles is 1. The lowest BCUT2D eigenvalue weighted by Gasteiger charge is -2.27. The van der Waals surface area contributed by atoms with Crippen LogP contribution < -0.4 is 20.1 Å². The number of rotatable bonds is 11. The number of para-hydroxylation sites is 1. The molecule has 1 aliphatic heterocycles. The lowest BCUT2D eigenvalue weighted by atomic mass is 9.84. The second-order valence-electron chi connectivity index (χ2n) is 9.85. The molecule has 0 radical (unpaired) electrons. The lowest BCUT2D eigenvalue weighted by Crippen LogP contribution is -2.42. The van der Waals surface area contributed by atoms with Crippen LogP contribution in [0.4, 0.5) is 5.95 Å². The predicted octanol–water partition coefficient (Wildman–Crippen LogP) is 2.20. The highest BCUT2D eigenvalue weighted by atomic mass is 31.2. The van der Waals surface area contributed by atoms with Crippen molar-refractivity contribution in [3.8, 4) is 17.7 Å². The molecular formula is C25H32N7O8P. The Labute approximate surface area is 236 Å². The van der Waals surface area contributed by atoms with Crippen molar-refractivity contribution >= 4 is 30.8 Å². The number of carbonyl (C=O) groups is 1. The third-order valence-electron chi connectivity index (χ3n) is 6.67. The zero-order valence-electron chi connectivity index (χ0n) is 23.1. The summed E-state index contributed by atoms with van der Waals surface area (Å²) < 4.78 is 43.0. The first-order valence-corrected chi connectivity index (χ1v) is 14.1. The van der Waals surface area contributed by atoms with Crippen molar-refractivity contribution in [2.45, 2.75) is 45.2 Å². The number of aromatic nitrogens is 4. The van der Waals surface area contributed by atoms with Gasteiger partial charge in [-0.1, -0.05) is 32.0 Å². The minimum atomic E-state index is -4.28. The molecule has 0 saturated carbocycles. The number of imidazole rings is 1. The Balaban J connectivity index is 1.63. The van der Waals surface area contributed by atoms with Gasteiger partial charge in [0.1, 0.15) is 29.4 Å². The van der Waals surface area contributed by atoms with E-state index in [0.29, 0.717) is 0 Å². The van der Waals surface area contributed by atoms with Crippen molar-refractivity contribution in [2.24, 2.45) is 11.3 Å². The maximum Gasteiger partial charge on any atom is 0.459 e. The van der Waals surface area contributed by atoms with E-state index in [0.717, 1.165) is 0 Å². The first kappa shape index (κ1) is 30.2. The minimum Gasteiger partial charge on any atom is -0.479 e. The van der Waals surface area contributed by atoms with Gasteiger partial charge in [-0.2, -0.15) is 20.3 Å².